The van der Waals surface area contributed by atoms with Crippen LogP contribution in [-0.2, 0) is 17.6 Å². The Kier molecular flexibility index (Phi) is 4.99. The van der Waals surface area contributed by atoms with Gasteiger partial charge in [-0.1, -0.05) is 12.1 Å². The van der Waals surface area contributed by atoms with Crippen molar-refractivity contribution >= 4 is 11.6 Å². The van der Waals surface area contributed by atoms with Crippen molar-refractivity contribution in [3.05, 3.63) is 52.6 Å². The largest absolute Gasteiger partial charge is 0.493 e. The van der Waals surface area contributed by atoms with Crippen molar-refractivity contribution in [3.63, 3.8) is 0 Å². The summed E-state index contributed by atoms with van der Waals surface area (Å²) in [6, 6.07) is 9.75. The molecule has 2 heterocycles. The van der Waals surface area contributed by atoms with Crippen molar-refractivity contribution in [2.75, 3.05) is 7.11 Å². The van der Waals surface area contributed by atoms with Gasteiger partial charge in [-0.3, -0.25) is 9.79 Å². The van der Waals surface area contributed by atoms with Crippen LogP contribution in [0.4, 0.5) is 0 Å². The zero-order valence-corrected chi connectivity index (χ0v) is 19.0. The Bertz CT molecular complexity index is 1090. The highest BCUT2D eigenvalue weighted by atomic mass is 16.5. The Morgan fingerprint density at radius 1 is 1.19 bits per heavy atom. The highest BCUT2D eigenvalue weighted by Crippen LogP contribution is 2.47. The summed E-state index contributed by atoms with van der Waals surface area (Å²) in [5.74, 6) is 1.64. The Labute approximate surface area is 183 Å². The molecule has 0 aromatic heterocycles. The second-order valence-corrected chi connectivity index (χ2v) is 9.60. The van der Waals surface area contributed by atoms with Crippen LogP contribution in [0.1, 0.15) is 56.9 Å². The van der Waals surface area contributed by atoms with E-state index >= 15 is 0 Å². The molecule has 6 heteroatoms. The zero-order chi connectivity index (χ0) is 22.6. The van der Waals surface area contributed by atoms with E-state index in [4.69, 9.17) is 24.9 Å². The maximum Gasteiger partial charge on any atom is 0.258 e. The Morgan fingerprint density at radius 3 is 2.61 bits per heavy atom. The number of aliphatic imine (C=N–C) groups is 1. The molecule has 0 aliphatic carbocycles. The lowest BCUT2D eigenvalue weighted by Gasteiger charge is -2.31. The molecule has 0 saturated heterocycles. The SMILES string of the molecule is COc1cc2c(c3c1OC(C)(C)C3)C(c1cccc(OC(C)C(N)=O)c1)=NC(C)(C)C2. The molecule has 2 aromatic rings. The van der Waals surface area contributed by atoms with Crippen LogP contribution in [0.25, 0.3) is 0 Å². The van der Waals surface area contributed by atoms with E-state index in [2.05, 4.69) is 33.8 Å². The summed E-state index contributed by atoms with van der Waals surface area (Å²) < 4.78 is 17.7. The minimum Gasteiger partial charge on any atom is -0.493 e. The summed E-state index contributed by atoms with van der Waals surface area (Å²) in [6.07, 6.45) is 0.871. The molecule has 2 aliphatic rings. The number of primary amides is 1. The van der Waals surface area contributed by atoms with Gasteiger partial charge in [0.25, 0.3) is 5.91 Å². The fourth-order valence-electron chi connectivity index (χ4n) is 4.41. The smallest absolute Gasteiger partial charge is 0.258 e. The number of ether oxygens (including phenoxy) is 3. The third kappa shape index (κ3) is 3.99. The molecular formula is C25H30N2O4. The molecule has 1 amide bonds. The predicted molar refractivity (Wildman–Crippen MR) is 121 cm³/mol. The molecule has 4 rings (SSSR count). The second kappa shape index (κ2) is 7.29. The summed E-state index contributed by atoms with van der Waals surface area (Å²) in [4.78, 5) is 16.6. The van der Waals surface area contributed by atoms with Crippen LogP contribution in [0.2, 0.25) is 0 Å². The summed E-state index contributed by atoms with van der Waals surface area (Å²) >= 11 is 0. The highest BCUT2D eigenvalue weighted by molar-refractivity contribution is 6.16. The van der Waals surface area contributed by atoms with E-state index in [0.29, 0.717) is 5.75 Å². The summed E-state index contributed by atoms with van der Waals surface area (Å²) in [5, 5.41) is 0. The van der Waals surface area contributed by atoms with Crippen LogP contribution < -0.4 is 19.9 Å². The summed E-state index contributed by atoms with van der Waals surface area (Å²) in [7, 11) is 1.68. The van der Waals surface area contributed by atoms with Crippen molar-refractivity contribution in [1.82, 2.24) is 0 Å². The number of methoxy groups -OCH3 is 1. The monoisotopic (exact) mass is 422 g/mol. The molecule has 0 fully saturated rings. The molecule has 1 atom stereocenters. The molecule has 2 aromatic carbocycles. The van der Waals surface area contributed by atoms with E-state index < -0.39 is 12.0 Å². The first-order valence-corrected chi connectivity index (χ1v) is 10.6. The fraction of sp³-hybridized carbons (Fsp3) is 0.440. The molecule has 0 saturated carbocycles. The molecule has 6 nitrogen and oxygen atoms in total. The Balaban J connectivity index is 1.87. The molecule has 164 valence electrons. The minimum atomic E-state index is -0.713. The number of nitrogens with zero attached hydrogens (tertiary/aromatic N) is 1. The van der Waals surface area contributed by atoms with Gasteiger partial charge in [0, 0.05) is 23.1 Å². The first-order valence-electron chi connectivity index (χ1n) is 10.6. The van der Waals surface area contributed by atoms with Gasteiger partial charge in [-0.25, -0.2) is 0 Å². The van der Waals surface area contributed by atoms with Gasteiger partial charge in [0.1, 0.15) is 11.4 Å². The highest BCUT2D eigenvalue weighted by Gasteiger charge is 2.39. The molecule has 2 aliphatic heterocycles. The molecular weight excluding hydrogens is 392 g/mol. The lowest BCUT2D eigenvalue weighted by molar-refractivity contribution is -0.123. The van der Waals surface area contributed by atoms with Gasteiger partial charge in [-0.2, -0.15) is 0 Å². The standard InChI is InChI=1S/C25H30N2O4/c1-14(23(26)28)30-17-9-7-8-15(10-17)21-20-16(12-24(2,3)27-21)11-19(29-6)22-18(20)13-25(4,5)31-22/h7-11,14H,12-13H2,1-6H3,(H2,26,28). The van der Waals surface area contributed by atoms with Crippen molar-refractivity contribution in [2.45, 2.75) is 64.7 Å². The number of carbonyl (C=O) groups excluding carboxylic acids is 1. The van der Waals surface area contributed by atoms with Gasteiger partial charge >= 0.3 is 0 Å². The van der Waals surface area contributed by atoms with Crippen molar-refractivity contribution in [1.29, 1.82) is 0 Å². The van der Waals surface area contributed by atoms with Gasteiger partial charge in [-0.05, 0) is 64.8 Å². The maximum absolute atomic E-state index is 11.4. The first kappa shape index (κ1) is 21.2. The Hall–Kier alpha value is -3.02. The van der Waals surface area contributed by atoms with Crippen LogP contribution in [-0.4, -0.2) is 36.0 Å². The molecule has 0 radical (unpaired) electrons. The van der Waals surface area contributed by atoms with E-state index in [1.807, 2.05) is 24.3 Å². The van der Waals surface area contributed by atoms with Crippen molar-refractivity contribution < 1.29 is 19.0 Å². The minimum absolute atomic E-state index is 0.270. The number of hydrogen-bond donors (Lipinski definition) is 1. The number of benzene rings is 2. The van der Waals surface area contributed by atoms with Gasteiger partial charge in [0.15, 0.2) is 17.6 Å². The molecule has 0 spiro atoms. The number of amides is 1. The second-order valence-electron chi connectivity index (χ2n) is 9.60. The molecule has 0 bridgehead atoms. The lowest BCUT2D eigenvalue weighted by Crippen LogP contribution is -2.31. The molecule has 2 N–H and O–H groups in total. The van der Waals surface area contributed by atoms with Gasteiger partial charge in [0.05, 0.1) is 18.4 Å². The lowest BCUT2D eigenvalue weighted by atomic mass is 9.81. The van der Waals surface area contributed by atoms with E-state index in [0.717, 1.165) is 46.7 Å². The van der Waals surface area contributed by atoms with Crippen LogP contribution in [0.15, 0.2) is 35.3 Å². The average Bonchev–Trinajstić information content (AvgIpc) is 3.00. The number of rotatable bonds is 5. The number of fused-ring (bicyclic) bond motifs is 3. The predicted octanol–water partition coefficient (Wildman–Crippen LogP) is 3.83. The van der Waals surface area contributed by atoms with Crippen LogP contribution in [0.3, 0.4) is 0 Å². The number of hydrogen-bond acceptors (Lipinski definition) is 5. The van der Waals surface area contributed by atoms with Crippen LogP contribution in [0.5, 0.6) is 17.2 Å². The van der Waals surface area contributed by atoms with Crippen LogP contribution in [0, 0.1) is 0 Å². The quantitative estimate of drug-likeness (QED) is 0.794. The van der Waals surface area contributed by atoms with Crippen LogP contribution >= 0.6 is 0 Å². The Morgan fingerprint density at radius 2 is 1.94 bits per heavy atom. The van der Waals surface area contributed by atoms with Gasteiger partial charge in [-0.15, -0.1) is 0 Å². The summed E-state index contributed by atoms with van der Waals surface area (Å²) in [6.45, 7) is 10.1. The zero-order valence-electron chi connectivity index (χ0n) is 19.0. The third-order valence-corrected chi connectivity index (χ3v) is 5.72. The van der Waals surface area contributed by atoms with Crippen molar-refractivity contribution in [2.24, 2.45) is 10.7 Å². The first-order chi connectivity index (χ1) is 14.5. The number of carbonyl (C=O) groups is 1. The van der Waals surface area contributed by atoms with E-state index in [1.165, 1.54) is 5.56 Å². The van der Waals surface area contributed by atoms with E-state index in [1.54, 1.807) is 14.0 Å². The fourth-order valence-corrected chi connectivity index (χ4v) is 4.41. The average molecular weight is 423 g/mol. The van der Waals surface area contributed by atoms with Gasteiger partial charge < -0.3 is 19.9 Å². The summed E-state index contributed by atoms with van der Waals surface area (Å²) in [5.41, 5.74) is 10.1. The van der Waals surface area contributed by atoms with E-state index in [9.17, 15) is 4.79 Å². The molecule has 31 heavy (non-hydrogen) atoms. The number of nitrogens with two attached hydrogens (primary N) is 1. The van der Waals surface area contributed by atoms with Gasteiger partial charge in [0.2, 0.25) is 0 Å². The normalized spacial score (nSPS) is 18.8. The topological polar surface area (TPSA) is 83.1 Å². The third-order valence-electron chi connectivity index (χ3n) is 5.72. The van der Waals surface area contributed by atoms with E-state index in [-0.39, 0.29) is 11.1 Å². The maximum atomic E-state index is 11.4. The van der Waals surface area contributed by atoms with Crippen molar-refractivity contribution in [3.8, 4) is 17.2 Å². The molecule has 1 unspecified atom stereocenters.